The topological polar surface area (TPSA) is 50.9 Å². The highest BCUT2D eigenvalue weighted by Crippen LogP contribution is 2.29. The number of anilines is 2. The van der Waals surface area contributed by atoms with Crippen LogP contribution in [0.1, 0.15) is 6.92 Å². The molecule has 0 atom stereocenters. The van der Waals surface area contributed by atoms with Gasteiger partial charge in [0.2, 0.25) is 0 Å². The van der Waals surface area contributed by atoms with Crippen molar-refractivity contribution < 1.29 is 0 Å². The Balaban J connectivity index is 2.73. The van der Waals surface area contributed by atoms with Crippen molar-refractivity contribution in [1.82, 2.24) is 4.98 Å². The van der Waals surface area contributed by atoms with E-state index in [1.807, 2.05) is 19.1 Å². The summed E-state index contributed by atoms with van der Waals surface area (Å²) in [5.41, 5.74) is 6.56. The maximum atomic E-state index is 5.96. The van der Waals surface area contributed by atoms with Crippen LogP contribution in [0.15, 0.2) is 24.4 Å². The highest BCUT2D eigenvalue weighted by Gasteiger charge is 2.05. The van der Waals surface area contributed by atoms with Gasteiger partial charge in [0.15, 0.2) is 0 Å². The van der Waals surface area contributed by atoms with Crippen molar-refractivity contribution in [2.24, 2.45) is 0 Å². The zero-order chi connectivity index (χ0) is 10.8. The predicted molar refractivity (Wildman–Crippen MR) is 65.3 cm³/mol. The summed E-state index contributed by atoms with van der Waals surface area (Å²) < 4.78 is 0. The van der Waals surface area contributed by atoms with Crippen molar-refractivity contribution in [3.63, 3.8) is 0 Å². The van der Waals surface area contributed by atoms with Crippen molar-refractivity contribution >= 4 is 33.9 Å². The minimum absolute atomic E-state index is 0.632. The third kappa shape index (κ3) is 1.83. The average Bonchev–Trinajstić information content (AvgIpc) is 2.19. The first-order valence-electron chi connectivity index (χ1n) is 4.80. The zero-order valence-corrected chi connectivity index (χ0v) is 9.17. The lowest BCUT2D eigenvalue weighted by atomic mass is 10.1. The van der Waals surface area contributed by atoms with E-state index < -0.39 is 0 Å². The summed E-state index contributed by atoms with van der Waals surface area (Å²) in [6.07, 6.45) is 1.74. The van der Waals surface area contributed by atoms with Gasteiger partial charge in [-0.05, 0) is 25.1 Å². The molecule has 0 aliphatic rings. The van der Waals surface area contributed by atoms with Gasteiger partial charge in [-0.3, -0.25) is 0 Å². The number of aromatic nitrogens is 1. The maximum absolute atomic E-state index is 5.96. The Morgan fingerprint density at radius 3 is 2.93 bits per heavy atom. The van der Waals surface area contributed by atoms with Crippen LogP contribution in [-0.2, 0) is 0 Å². The van der Waals surface area contributed by atoms with Crippen molar-refractivity contribution in [2.75, 3.05) is 17.6 Å². The first kappa shape index (κ1) is 10.1. The van der Waals surface area contributed by atoms with E-state index in [1.165, 1.54) is 0 Å². The maximum Gasteiger partial charge on any atom is 0.133 e. The molecule has 0 bridgehead atoms. The van der Waals surface area contributed by atoms with Gasteiger partial charge in [-0.25, -0.2) is 4.98 Å². The molecule has 1 aromatic heterocycles. The highest BCUT2D eigenvalue weighted by molar-refractivity contribution is 6.32. The van der Waals surface area contributed by atoms with Crippen LogP contribution < -0.4 is 11.1 Å². The number of nitrogens with zero attached hydrogens (tertiary/aromatic N) is 1. The number of fused-ring (bicyclic) bond motifs is 1. The Hall–Kier alpha value is -1.48. The number of hydrogen-bond donors (Lipinski definition) is 2. The van der Waals surface area contributed by atoms with Gasteiger partial charge >= 0.3 is 0 Å². The number of hydrogen-bond acceptors (Lipinski definition) is 3. The SMILES string of the molecule is CCNc1nccc2c(N)cc(Cl)cc12. The van der Waals surface area contributed by atoms with Crippen LogP contribution >= 0.6 is 11.6 Å². The zero-order valence-electron chi connectivity index (χ0n) is 8.42. The Kier molecular flexibility index (Phi) is 2.64. The number of halogens is 1. The molecule has 0 amide bonds. The van der Waals surface area contributed by atoms with Crippen LogP contribution in [0.5, 0.6) is 0 Å². The third-order valence-corrected chi connectivity index (χ3v) is 2.44. The highest BCUT2D eigenvalue weighted by atomic mass is 35.5. The van der Waals surface area contributed by atoms with Crippen LogP contribution in [0.4, 0.5) is 11.5 Å². The van der Waals surface area contributed by atoms with E-state index >= 15 is 0 Å². The van der Waals surface area contributed by atoms with E-state index in [0.29, 0.717) is 10.7 Å². The van der Waals surface area contributed by atoms with Crippen LogP contribution in [-0.4, -0.2) is 11.5 Å². The Morgan fingerprint density at radius 1 is 1.40 bits per heavy atom. The van der Waals surface area contributed by atoms with E-state index in [9.17, 15) is 0 Å². The van der Waals surface area contributed by atoms with Crippen LogP contribution in [0.2, 0.25) is 5.02 Å². The molecule has 1 heterocycles. The second-order valence-electron chi connectivity index (χ2n) is 3.28. The molecule has 0 radical (unpaired) electrons. The summed E-state index contributed by atoms with van der Waals surface area (Å²) in [6, 6.07) is 5.51. The van der Waals surface area contributed by atoms with Gasteiger partial charge in [-0.2, -0.15) is 0 Å². The minimum atomic E-state index is 0.632. The lowest BCUT2D eigenvalue weighted by Gasteiger charge is -2.08. The Labute approximate surface area is 93.3 Å². The number of nitrogen functional groups attached to an aromatic ring is 1. The lowest BCUT2D eigenvalue weighted by molar-refractivity contribution is 1.17. The van der Waals surface area contributed by atoms with Gasteiger partial charge in [0.05, 0.1) is 0 Å². The Morgan fingerprint density at radius 2 is 2.20 bits per heavy atom. The second kappa shape index (κ2) is 3.95. The van der Waals surface area contributed by atoms with Gasteiger partial charge in [0.25, 0.3) is 0 Å². The molecule has 4 heteroatoms. The molecule has 0 spiro atoms. The van der Waals surface area contributed by atoms with Gasteiger partial charge in [-0.1, -0.05) is 11.6 Å². The summed E-state index contributed by atoms with van der Waals surface area (Å²) >= 11 is 5.96. The minimum Gasteiger partial charge on any atom is -0.398 e. The molecular formula is C11H12ClN3. The number of nitrogens with one attached hydrogen (secondary N) is 1. The van der Waals surface area contributed by atoms with E-state index in [0.717, 1.165) is 23.1 Å². The van der Waals surface area contributed by atoms with Crippen LogP contribution in [0.25, 0.3) is 10.8 Å². The number of benzene rings is 1. The van der Waals surface area contributed by atoms with Gasteiger partial charge in [0.1, 0.15) is 5.82 Å². The molecule has 2 aromatic rings. The predicted octanol–water partition coefficient (Wildman–Crippen LogP) is 2.90. The first-order valence-corrected chi connectivity index (χ1v) is 5.17. The summed E-state index contributed by atoms with van der Waals surface area (Å²) in [7, 11) is 0. The molecular weight excluding hydrogens is 210 g/mol. The average molecular weight is 222 g/mol. The lowest BCUT2D eigenvalue weighted by Crippen LogP contribution is -2.00. The normalized spacial score (nSPS) is 10.5. The van der Waals surface area contributed by atoms with Crippen LogP contribution in [0, 0.1) is 0 Å². The Bertz CT molecular complexity index is 496. The molecule has 2 rings (SSSR count). The molecule has 78 valence electrons. The molecule has 0 fully saturated rings. The number of pyridine rings is 1. The van der Waals surface area contributed by atoms with E-state index in [2.05, 4.69) is 10.3 Å². The monoisotopic (exact) mass is 221 g/mol. The molecule has 1 aromatic carbocycles. The number of rotatable bonds is 2. The van der Waals surface area contributed by atoms with Crippen LogP contribution in [0.3, 0.4) is 0 Å². The summed E-state index contributed by atoms with van der Waals surface area (Å²) in [5, 5.41) is 5.75. The van der Waals surface area contributed by atoms with E-state index in [4.69, 9.17) is 17.3 Å². The molecule has 15 heavy (non-hydrogen) atoms. The summed E-state index contributed by atoms with van der Waals surface area (Å²) in [4.78, 5) is 4.25. The van der Waals surface area contributed by atoms with Gasteiger partial charge in [-0.15, -0.1) is 0 Å². The molecule has 0 aliphatic heterocycles. The van der Waals surface area contributed by atoms with Crippen molar-refractivity contribution in [2.45, 2.75) is 6.92 Å². The third-order valence-electron chi connectivity index (χ3n) is 2.22. The fourth-order valence-corrected chi connectivity index (χ4v) is 1.81. The van der Waals surface area contributed by atoms with Gasteiger partial charge < -0.3 is 11.1 Å². The fraction of sp³-hybridized carbons (Fsp3) is 0.182. The quantitative estimate of drug-likeness (QED) is 0.767. The molecule has 0 aliphatic carbocycles. The molecule has 0 unspecified atom stereocenters. The van der Waals surface area contributed by atoms with E-state index in [-0.39, 0.29) is 0 Å². The van der Waals surface area contributed by atoms with Gasteiger partial charge in [0, 0.05) is 34.2 Å². The standard InChI is InChI=1S/C11H12ClN3/c1-2-14-11-9-5-7(12)6-10(13)8(9)3-4-15-11/h3-6H,2,13H2,1H3,(H,14,15). The molecule has 3 N–H and O–H groups in total. The second-order valence-corrected chi connectivity index (χ2v) is 3.72. The number of nitrogens with two attached hydrogens (primary N) is 1. The molecule has 0 saturated carbocycles. The van der Waals surface area contributed by atoms with Crippen molar-refractivity contribution in [3.05, 3.63) is 29.4 Å². The largest absolute Gasteiger partial charge is 0.398 e. The summed E-state index contributed by atoms with van der Waals surface area (Å²) in [5.74, 6) is 0.823. The summed E-state index contributed by atoms with van der Waals surface area (Å²) in [6.45, 7) is 2.84. The van der Waals surface area contributed by atoms with Crippen molar-refractivity contribution in [3.8, 4) is 0 Å². The smallest absolute Gasteiger partial charge is 0.133 e. The first-order chi connectivity index (χ1) is 7.22. The fourth-order valence-electron chi connectivity index (χ4n) is 1.59. The molecule has 0 saturated heterocycles. The molecule has 3 nitrogen and oxygen atoms in total. The van der Waals surface area contributed by atoms with E-state index in [1.54, 1.807) is 12.3 Å². The van der Waals surface area contributed by atoms with Crippen molar-refractivity contribution in [1.29, 1.82) is 0 Å².